The third kappa shape index (κ3) is 3.26. The predicted octanol–water partition coefficient (Wildman–Crippen LogP) is 2.43. The Bertz CT molecular complexity index is 751. The van der Waals surface area contributed by atoms with Gasteiger partial charge in [-0.05, 0) is 31.2 Å². The van der Waals surface area contributed by atoms with E-state index in [1.807, 2.05) is 6.92 Å². The minimum absolute atomic E-state index is 0.135. The van der Waals surface area contributed by atoms with Gasteiger partial charge in [-0.2, -0.15) is 4.31 Å². The van der Waals surface area contributed by atoms with Crippen LogP contribution in [0.25, 0.3) is 0 Å². The Morgan fingerprint density at radius 3 is 2.32 bits per heavy atom. The number of hydrogen-bond acceptors (Lipinski definition) is 5. The number of sulfonamides is 1. The molecule has 0 N–H and O–H groups in total. The van der Waals surface area contributed by atoms with Gasteiger partial charge in [-0.15, -0.1) is 0 Å². The van der Waals surface area contributed by atoms with E-state index in [4.69, 9.17) is 13.9 Å². The van der Waals surface area contributed by atoms with Gasteiger partial charge in [0.2, 0.25) is 10.0 Å². The van der Waals surface area contributed by atoms with Crippen molar-refractivity contribution in [1.29, 1.82) is 0 Å². The molecule has 0 aliphatic carbocycles. The molecule has 7 heteroatoms. The van der Waals surface area contributed by atoms with Gasteiger partial charge in [0.25, 0.3) is 0 Å². The molecule has 0 saturated heterocycles. The molecule has 22 heavy (non-hydrogen) atoms. The lowest BCUT2D eigenvalue weighted by atomic mass is 10.3. The Labute approximate surface area is 130 Å². The molecule has 0 saturated carbocycles. The van der Waals surface area contributed by atoms with E-state index >= 15 is 0 Å². The van der Waals surface area contributed by atoms with Gasteiger partial charge in [0.05, 0.1) is 25.7 Å². The van der Waals surface area contributed by atoms with Crippen LogP contribution in [0, 0.1) is 6.92 Å². The second-order valence-corrected chi connectivity index (χ2v) is 6.84. The van der Waals surface area contributed by atoms with E-state index < -0.39 is 10.0 Å². The monoisotopic (exact) mass is 325 g/mol. The van der Waals surface area contributed by atoms with Crippen molar-refractivity contribution in [2.24, 2.45) is 0 Å². The van der Waals surface area contributed by atoms with Crippen LogP contribution in [0.5, 0.6) is 11.5 Å². The maximum atomic E-state index is 12.6. The van der Waals surface area contributed by atoms with Crippen LogP contribution in [0.15, 0.2) is 39.6 Å². The summed E-state index contributed by atoms with van der Waals surface area (Å²) in [5.41, 5.74) is 0. The number of nitrogens with zero attached hydrogens (tertiary/aromatic N) is 1. The maximum Gasteiger partial charge on any atom is 0.243 e. The Hall–Kier alpha value is -1.99. The summed E-state index contributed by atoms with van der Waals surface area (Å²) in [4.78, 5) is 0.135. The van der Waals surface area contributed by atoms with Gasteiger partial charge < -0.3 is 13.9 Å². The molecule has 0 bridgehead atoms. The van der Waals surface area contributed by atoms with Gasteiger partial charge in [0.1, 0.15) is 11.5 Å². The van der Waals surface area contributed by atoms with Crippen LogP contribution < -0.4 is 9.47 Å². The number of furan rings is 1. The summed E-state index contributed by atoms with van der Waals surface area (Å²) in [6.45, 7) is 1.97. The highest BCUT2D eigenvalue weighted by Crippen LogP contribution is 2.30. The standard InChI is InChI=1S/C15H19NO5S/c1-11-5-6-12(21-11)10-16(2)22(17,18)13-7-8-14(19-3)15(9-13)20-4/h5-9H,10H2,1-4H3. The first-order chi connectivity index (χ1) is 10.4. The van der Waals surface area contributed by atoms with Crippen LogP contribution in [-0.2, 0) is 16.6 Å². The average Bonchev–Trinajstić information content (AvgIpc) is 2.91. The smallest absolute Gasteiger partial charge is 0.243 e. The van der Waals surface area contributed by atoms with Gasteiger partial charge in [-0.25, -0.2) is 8.42 Å². The second-order valence-electron chi connectivity index (χ2n) is 4.79. The lowest BCUT2D eigenvalue weighted by Crippen LogP contribution is -2.26. The van der Waals surface area contributed by atoms with Crippen molar-refractivity contribution in [1.82, 2.24) is 4.31 Å². The number of hydrogen-bond donors (Lipinski definition) is 0. The van der Waals surface area contributed by atoms with E-state index in [0.29, 0.717) is 17.3 Å². The number of benzene rings is 1. The highest BCUT2D eigenvalue weighted by molar-refractivity contribution is 7.89. The van der Waals surface area contributed by atoms with E-state index in [0.717, 1.165) is 5.76 Å². The Kier molecular flexibility index (Phi) is 4.77. The van der Waals surface area contributed by atoms with E-state index in [-0.39, 0.29) is 11.4 Å². The second kappa shape index (κ2) is 6.41. The van der Waals surface area contributed by atoms with E-state index in [1.54, 1.807) is 18.2 Å². The lowest BCUT2D eigenvalue weighted by Gasteiger charge is -2.17. The van der Waals surface area contributed by atoms with Crippen molar-refractivity contribution in [3.8, 4) is 11.5 Å². The fraction of sp³-hybridized carbons (Fsp3) is 0.333. The summed E-state index contributed by atoms with van der Waals surface area (Å²) in [5.74, 6) is 2.17. The number of methoxy groups -OCH3 is 2. The van der Waals surface area contributed by atoms with Crippen molar-refractivity contribution in [3.05, 3.63) is 41.9 Å². The highest BCUT2D eigenvalue weighted by Gasteiger charge is 2.23. The third-order valence-corrected chi connectivity index (χ3v) is 5.04. The molecule has 2 aromatic rings. The summed E-state index contributed by atoms with van der Waals surface area (Å²) < 4.78 is 42.1. The van der Waals surface area contributed by atoms with Crippen LogP contribution >= 0.6 is 0 Å². The highest BCUT2D eigenvalue weighted by atomic mass is 32.2. The van der Waals surface area contributed by atoms with Crippen LogP contribution in [0.1, 0.15) is 11.5 Å². The normalized spacial score (nSPS) is 11.7. The summed E-state index contributed by atoms with van der Waals surface area (Å²) in [5, 5.41) is 0. The molecular weight excluding hydrogens is 306 g/mol. The summed E-state index contributed by atoms with van der Waals surface area (Å²) >= 11 is 0. The number of aryl methyl sites for hydroxylation is 1. The molecule has 2 rings (SSSR count). The molecule has 0 aliphatic heterocycles. The molecule has 6 nitrogen and oxygen atoms in total. The van der Waals surface area contributed by atoms with Gasteiger partial charge in [-0.3, -0.25) is 0 Å². The summed E-state index contributed by atoms with van der Waals surface area (Å²) in [7, 11) is 0.815. The van der Waals surface area contributed by atoms with Crippen LogP contribution in [0.2, 0.25) is 0 Å². The zero-order valence-corrected chi connectivity index (χ0v) is 13.8. The van der Waals surface area contributed by atoms with Gasteiger partial charge in [0, 0.05) is 13.1 Å². The molecule has 0 unspecified atom stereocenters. The summed E-state index contributed by atoms with van der Waals surface area (Å²) in [6, 6.07) is 8.05. The molecule has 0 spiro atoms. The largest absolute Gasteiger partial charge is 0.493 e. The molecule has 0 fully saturated rings. The number of rotatable bonds is 6. The fourth-order valence-corrected chi connectivity index (χ4v) is 3.18. The minimum atomic E-state index is -3.65. The maximum absolute atomic E-state index is 12.6. The topological polar surface area (TPSA) is 69.0 Å². The zero-order chi connectivity index (χ0) is 16.3. The first-order valence-electron chi connectivity index (χ1n) is 6.62. The van der Waals surface area contributed by atoms with E-state index in [1.165, 1.54) is 37.7 Å². The van der Waals surface area contributed by atoms with Gasteiger partial charge >= 0.3 is 0 Å². The molecule has 0 radical (unpaired) electrons. The SMILES string of the molecule is COc1ccc(S(=O)(=O)N(C)Cc2ccc(C)o2)cc1OC. The molecule has 1 aromatic carbocycles. The van der Waals surface area contributed by atoms with Gasteiger partial charge in [-0.1, -0.05) is 0 Å². The molecule has 1 aromatic heterocycles. The van der Waals surface area contributed by atoms with E-state index in [2.05, 4.69) is 0 Å². The first kappa shape index (κ1) is 16.4. The summed E-state index contributed by atoms with van der Waals surface area (Å²) in [6.07, 6.45) is 0. The van der Waals surface area contributed by atoms with Crippen LogP contribution in [-0.4, -0.2) is 34.0 Å². The Balaban J connectivity index is 2.29. The molecule has 0 amide bonds. The lowest BCUT2D eigenvalue weighted by molar-refractivity contribution is 0.353. The van der Waals surface area contributed by atoms with Crippen LogP contribution in [0.3, 0.4) is 0 Å². The quantitative estimate of drug-likeness (QED) is 0.816. The van der Waals surface area contributed by atoms with Gasteiger partial charge in [0.15, 0.2) is 11.5 Å². The zero-order valence-electron chi connectivity index (χ0n) is 13.0. The third-order valence-electron chi connectivity index (χ3n) is 3.24. The molecule has 0 atom stereocenters. The molecule has 1 heterocycles. The number of ether oxygens (including phenoxy) is 2. The Morgan fingerprint density at radius 1 is 1.09 bits per heavy atom. The van der Waals surface area contributed by atoms with Crippen molar-refractivity contribution in [2.45, 2.75) is 18.4 Å². The first-order valence-corrected chi connectivity index (χ1v) is 8.06. The molecule has 0 aliphatic rings. The van der Waals surface area contributed by atoms with Crippen molar-refractivity contribution < 1.29 is 22.3 Å². The molecule has 120 valence electrons. The van der Waals surface area contributed by atoms with Crippen molar-refractivity contribution >= 4 is 10.0 Å². The predicted molar refractivity (Wildman–Crippen MR) is 81.6 cm³/mol. The van der Waals surface area contributed by atoms with Crippen molar-refractivity contribution in [2.75, 3.05) is 21.3 Å². The minimum Gasteiger partial charge on any atom is -0.493 e. The van der Waals surface area contributed by atoms with E-state index in [9.17, 15) is 8.42 Å². The Morgan fingerprint density at radius 2 is 1.77 bits per heavy atom. The average molecular weight is 325 g/mol. The molecular formula is C15H19NO5S. The van der Waals surface area contributed by atoms with Crippen molar-refractivity contribution in [3.63, 3.8) is 0 Å². The van der Waals surface area contributed by atoms with Crippen LogP contribution in [0.4, 0.5) is 0 Å². The fourth-order valence-electron chi connectivity index (χ4n) is 2.03.